The Hall–Kier alpha value is -0.410. The van der Waals surface area contributed by atoms with Crippen molar-refractivity contribution in [2.75, 3.05) is 12.3 Å². The average Bonchev–Trinajstić information content (AvgIpc) is 1.78. The fourth-order valence-electron chi connectivity index (χ4n) is 0.587. The minimum atomic E-state index is -4.38. The van der Waals surface area contributed by atoms with Crippen molar-refractivity contribution in [3.05, 3.63) is 0 Å². The average molecular weight is 250 g/mol. The van der Waals surface area contributed by atoms with E-state index >= 15 is 0 Å². The summed E-state index contributed by atoms with van der Waals surface area (Å²) >= 11 is 4.30. The maximum absolute atomic E-state index is 11.6. The maximum atomic E-state index is 11.6. The van der Waals surface area contributed by atoms with E-state index in [0.717, 1.165) is 0 Å². The predicted octanol–water partition coefficient (Wildman–Crippen LogP) is 0.144. The first kappa shape index (κ1) is 13.6. The lowest BCUT2D eigenvalue weighted by Crippen LogP contribution is -2.34. The van der Waals surface area contributed by atoms with E-state index in [9.17, 15) is 21.6 Å². The van der Waals surface area contributed by atoms with Crippen molar-refractivity contribution < 1.29 is 21.6 Å². The van der Waals surface area contributed by atoms with E-state index in [1.54, 1.807) is 4.72 Å². The van der Waals surface area contributed by atoms with Gasteiger partial charge < -0.3 is 5.73 Å². The molecular formula is C5H9F3N2O2S2. The molecule has 0 unspecified atom stereocenters. The summed E-state index contributed by atoms with van der Waals surface area (Å²) in [6.45, 7) is -0.700. The lowest BCUT2D eigenvalue weighted by molar-refractivity contribution is -0.132. The van der Waals surface area contributed by atoms with Crippen molar-refractivity contribution in [2.24, 2.45) is 5.73 Å². The zero-order valence-corrected chi connectivity index (χ0v) is 8.60. The van der Waals surface area contributed by atoms with E-state index in [2.05, 4.69) is 12.2 Å². The van der Waals surface area contributed by atoms with E-state index in [0.29, 0.717) is 0 Å². The van der Waals surface area contributed by atoms with Gasteiger partial charge in [-0.15, -0.1) is 0 Å². The summed E-state index contributed by atoms with van der Waals surface area (Å²) in [7, 11) is -3.82. The fourth-order valence-corrected chi connectivity index (χ4v) is 1.94. The van der Waals surface area contributed by atoms with Crippen LogP contribution in [0.5, 0.6) is 0 Å². The fraction of sp³-hybridized carbons (Fsp3) is 0.800. The largest absolute Gasteiger partial charge is 0.392 e. The third kappa shape index (κ3) is 8.20. The van der Waals surface area contributed by atoms with Crippen LogP contribution < -0.4 is 10.5 Å². The molecule has 9 heteroatoms. The van der Waals surface area contributed by atoms with E-state index < -0.39 is 34.9 Å². The van der Waals surface area contributed by atoms with Crippen molar-refractivity contribution in [1.82, 2.24) is 4.72 Å². The molecular weight excluding hydrogens is 241 g/mol. The first-order valence-electron chi connectivity index (χ1n) is 3.45. The molecule has 0 aromatic carbocycles. The number of sulfonamides is 1. The molecule has 84 valence electrons. The number of thiocarbonyl (C=S) groups is 1. The van der Waals surface area contributed by atoms with Gasteiger partial charge in [-0.1, -0.05) is 12.2 Å². The lowest BCUT2D eigenvalue weighted by Gasteiger charge is -2.07. The zero-order chi connectivity index (χ0) is 11.4. The zero-order valence-electron chi connectivity index (χ0n) is 6.97. The molecule has 0 aromatic heterocycles. The summed E-state index contributed by atoms with van der Waals surface area (Å²) < 4.78 is 58.3. The molecule has 0 radical (unpaired) electrons. The number of alkyl halides is 3. The second-order valence-corrected chi connectivity index (χ2v) is 4.82. The summed E-state index contributed by atoms with van der Waals surface area (Å²) in [6.07, 6.45) is -5.60. The van der Waals surface area contributed by atoms with Gasteiger partial charge in [0, 0.05) is 6.54 Å². The molecule has 14 heavy (non-hydrogen) atoms. The van der Waals surface area contributed by atoms with Crippen molar-refractivity contribution >= 4 is 27.2 Å². The van der Waals surface area contributed by atoms with Gasteiger partial charge in [0.1, 0.15) is 5.75 Å². The highest BCUT2D eigenvalue weighted by Crippen LogP contribution is 2.18. The molecule has 0 aliphatic rings. The lowest BCUT2D eigenvalue weighted by atomic mass is 10.4. The maximum Gasteiger partial charge on any atom is 0.390 e. The second kappa shape index (κ2) is 4.89. The van der Waals surface area contributed by atoms with Gasteiger partial charge >= 0.3 is 6.18 Å². The van der Waals surface area contributed by atoms with Crippen molar-refractivity contribution in [2.45, 2.75) is 12.6 Å². The van der Waals surface area contributed by atoms with Gasteiger partial charge in [0.05, 0.1) is 11.4 Å². The minimum absolute atomic E-state index is 0.287. The third-order valence-electron chi connectivity index (χ3n) is 1.06. The van der Waals surface area contributed by atoms with Gasteiger partial charge in [0.2, 0.25) is 10.0 Å². The summed E-state index contributed by atoms with van der Waals surface area (Å²) in [6, 6.07) is 0. The van der Waals surface area contributed by atoms with E-state index in [1.807, 2.05) is 0 Å². The number of hydrogen-bond donors (Lipinski definition) is 2. The van der Waals surface area contributed by atoms with Crippen LogP contribution in [0.4, 0.5) is 13.2 Å². The smallest absolute Gasteiger partial charge is 0.390 e. The molecule has 0 rings (SSSR count). The number of nitrogens with two attached hydrogens (primary N) is 1. The van der Waals surface area contributed by atoms with Crippen LogP contribution in [0.25, 0.3) is 0 Å². The van der Waals surface area contributed by atoms with Gasteiger partial charge in [-0.3, -0.25) is 0 Å². The molecule has 0 spiro atoms. The number of nitrogens with one attached hydrogen (secondary N) is 1. The van der Waals surface area contributed by atoms with Gasteiger partial charge in [0.15, 0.2) is 0 Å². The molecule has 0 heterocycles. The monoisotopic (exact) mass is 250 g/mol. The minimum Gasteiger partial charge on any atom is -0.392 e. The molecule has 0 bridgehead atoms. The summed E-state index contributed by atoms with van der Waals surface area (Å²) in [4.78, 5) is -0.287. The van der Waals surface area contributed by atoms with Crippen molar-refractivity contribution in [1.29, 1.82) is 0 Å². The molecule has 0 aromatic rings. The van der Waals surface area contributed by atoms with Crippen molar-refractivity contribution in [3.63, 3.8) is 0 Å². The topological polar surface area (TPSA) is 72.2 Å². The summed E-state index contributed by atoms with van der Waals surface area (Å²) in [5, 5.41) is 0. The molecule has 0 fully saturated rings. The van der Waals surface area contributed by atoms with E-state index in [1.165, 1.54) is 0 Å². The highest BCUT2D eigenvalue weighted by molar-refractivity contribution is 7.92. The van der Waals surface area contributed by atoms with E-state index in [-0.39, 0.29) is 4.99 Å². The Morgan fingerprint density at radius 3 is 2.29 bits per heavy atom. The Balaban J connectivity index is 3.96. The number of halogens is 3. The van der Waals surface area contributed by atoms with Gasteiger partial charge in [-0.05, 0) is 0 Å². The van der Waals surface area contributed by atoms with Crippen LogP contribution in [-0.2, 0) is 10.0 Å². The molecule has 3 N–H and O–H groups in total. The molecule has 4 nitrogen and oxygen atoms in total. The van der Waals surface area contributed by atoms with Gasteiger partial charge in [-0.25, -0.2) is 13.1 Å². The predicted molar refractivity (Wildman–Crippen MR) is 49.2 cm³/mol. The highest BCUT2D eigenvalue weighted by atomic mass is 32.2. The molecule has 0 saturated heterocycles. The second-order valence-electron chi connectivity index (χ2n) is 2.48. The first-order valence-corrected chi connectivity index (χ1v) is 5.51. The van der Waals surface area contributed by atoms with Gasteiger partial charge in [-0.2, -0.15) is 13.2 Å². The number of rotatable bonds is 5. The van der Waals surface area contributed by atoms with Crippen LogP contribution >= 0.6 is 12.2 Å². The SMILES string of the molecule is NC(=S)CS(=O)(=O)NCCC(F)(F)F. The molecule has 0 aliphatic carbocycles. The standard InChI is InChI=1S/C5H9F3N2O2S2/c6-5(7,8)1-2-10-14(11,12)3-4(9)13/h10H,1-3H2,(H2,9,13). The molecule has 0 saturated carbocycles. The Kier molecular flexibility index (Phi) is 4.75. The molecule has 0 aliphatic heterocycles. The highest BCUT2D eigenvalue weighted by Gasteiger charge is 2.27. The van der Waals surface area contributed by atoms with Crippen LogP contribution in [-0.4, -0.2) is 31.9 Å². The van der Waals surface area contributed by atoms with Crippen LogP contribution in [0, 0.1) is 0 Å². The van der Waals surface area contributed by atoms with Crippen LogP contribution in [0.1, 0.15) is 6.42 Å². The van der Waals surface area contributed by atoms with Gasteiger partial charge in [0.25, 0.3) is 0 Å². The van der Waals surface area contributed by atoms with Crippen molar-refractivity contribution in [3.8, 4) is 0 Å². The summed E-state index contributed by atoms with van der Waals surface area (Å²) in [5.41, 5.74) is 4.93. The molecule has 0 atom stereocenters. The number of hydrogen-bond acceptors (Lipinski definition) is 3. The van der Waals surface area contributed by atoms with E-state index in [4.69, 9.17) is 5.73 Å². The Morgan fingerprint density at radius 1 is 1.43 bits per heavy atom. The van der Waals surface area contributed by atoms with Crippen LogP contribution in [0.2, 0.25) is 0 Å². The Morgan fingerprint density at radius 2 is 1.93 bits per heavy atom. The quantitative estimate of drug-likeness (QED) is 0.681. The molecule has 0 amide bonds. The summed E-state index contributed by atoms with van der Waals surface area (Å²) in [5.74, 6) is -0.639. The third-order valence-corrected chi connectivity index (χ3v) is 2.72. The normalized spacial score (nSPS) is 12.8. The Labute approximate surface area is 84.7 Å². The first-order chi connectivity index (χ1) is 6.12. The van der Waals surface area contributed by atoms with Crippen LogP contribution in [0.3, 0.4) is 0 Å². The Bertz CT molecular complexity index is 299. The van der Waals surface area contributed by atoms with Crippen LogP contribution in [0.15, 0.2) is 0 Å².